The predicted octanol–water partition coefficient (Wildman–Crippen LogP) is 1.69. The Morgan fingerprint density at radius 2 is 1.83 bits per heavy atom. The number of carbonyl (C=O) groups is 2. The van der Waals surface area contributed by atoms with E-state index in [-0.39, 0.29) is 0 Å². The lowest BCUT2D eigenvalue weighted by Gasteiger charge is -2.14. The van der Waals surface area contributed by atoms with Crippen LogP contribution in [0, 0.1) is 0 Å². The molecule has 1 aromatic carbocycles. The predicted molar refractivity (Wildman–Crippen MR) is 51.6 cm³/mol. The molecule has 0 saturated carbocycles. The number of halogens is 3. The van der Waals surface area contributed by atoms with Gasteiger partial charge in [-0.25, -0.2) is 4.79 Å². The van der Waals surface area contributed by atoms with Gasteiger partial charge in [0.25, 0.3) is 5.78 Å². The molecule has 0 aliphatic rings. The zero-order valence-electron chi connectivity index (χ0n) is 8.91. The summed E-state index contributed by atoms with van der Waals surface area (Å²) in [6, 6.07) is 1.26. The summed E-state index contributed by atoms with van der Waals surface area (Å²) < 4.78 is 42.3. The van der Waals surface area contributed by atoms with Crippen LogP contribution in [-0.4, -0.2) is 29.1 Å². The van der Waals surface area contributed by atoms with Crippen molar-refractivity contribution < 1.29 is 37.7 Å². The van der Waals surface area contributed by atoms with Gasteiger partial charge in [0.05, 0.1) is 18.2 Å². The van der Waals surface area contributed by atoms with Crippen LogP contribution in [0.5, 0.6) is 11.5 Å². The SMILES string of the molecule is COc1ccc(C(F)(F)F)c(C(=O)C(=O)O)c1O. The average Bonchev–Trinajstić information content (AvgIpc) is 2.26. The lowest BCUT2D eigenvalue weighted by Crippen LogP contribution is -2.19. The number of Topliss-reactive ketones (excluding diaryl/α,β-unsaturated/α-hetero) is 1. The quantitative estimate of drug-likeness (QED) is 0.641. The van der Waals surface area contributed by atoms with E-state index in [1.807, 2.05) is 0 Å². The zero-order chi connectivity index (χ0) is 14.1. The third-order valence-electron chi connectivity index (χ3n) is 2.09. The standard InChI is InChI=1S/C10H7F3O5/c1-18-5-3-2-4(10(11,12)13)6(7(5)14)8(15)9(16)17/h2-3,14H,1H3,(H,16,17). The van der Waals surface area contributed by atoms with Crippen LogP contribution in [0.25, 0.3) is 0 Å². The van der Waals surface area contributed by atoms with Gasteiger partial charge in [0.2, 0.25) is 0 Å². The molecule has 0 heterocycles. The number of phenols is 1. The number of aliphatic carboxylic acids is 1. The smallest absolute Gasteiger partial charge is 0.417 e. The molecule has 2 N–H and O–H groups in total. The Balaban J connectivity index is 3.60. The van der Waals surface area contributed by atoms with E-state index < -0.39 is 40.6 Å². The molecular formula is C10H7F3O5. The minimum absolute atomic E-state index is 0.424. The van der Waals surface area contributed by atoms with Crippen molar-refractivity contribution in [1.29, 1.82) is 0 Å². The molecule has 18 heavy (non-hydrogen) atoms. The van der Waals surface area contributed by atoms with Crippen LogP contribution in [0.4, 0.5) is 13.2 Å². The second-order valence-corrected chi connectivity index (χ2v) is 3.17. The number of carboxylic acids is 1. The number of hydrogen-bond acceptors (Lipinski definition) is 4. The van der Waals surface area contributed by atoms with E-state index in [1.165, 1.54) is 0 Å². The average molecular weight is 264 g/mol. The summed E-state index contributed by atoms with van der Waals surface area (Å²) >= 11 is 0. The molecule has 0 bridgehead atoms. The number of benzene rings is 1. The first-order valence-electron chi connectivity index (χ1n) is 4.45. The highest BCUT2D eigenvalue weighted by Gasteiger charge is 2.39. The molecular weight excluding hydrogens is 257 g/mol. The number of methoxy groups -OCH3 is 1. The molecule has 0 saturated heterocycles. The minimum Gasteiger partial charge on any atom is -0.504 e. The Hall–Kier alpha value is -2.25. The Labute approximate surface area is 98.4 Å². The molecule has 8 heteroatoms. The van der Waals surface area contributed by atoms with Gasteiger partial charge in [0.15, 0.2) is 11.5 Å². The number of phenolic OH excluding ortho intramolecular Hbond substituents is 1. The number of aromatic hydroxyl groups is 1. The van der Waals surface area contributed by atoms with Crippen LogP contribution < -0.4 is 4.74 Å². The van der Waals surface area contributed by atoms with E-state index in [1.54, 1.807) is 0 Å². The molecule has 0 amide bonds. The van der Waals surface area contributed by atoms with Gasteiger partial charge < -0.3 is 14.9 Å². The Bertz CT molecular complexity index is 507. The molecule has 0 aliphatic heterocycles. The topological polar surface area (TPSA) is 83.8 Å². The number of ketones is 1. The molecule has 0 radical (unpaired) electrons. The van der Waals surface area contributed by atoms with Crippen LogP contribution in [0.15, 0.2) is 12.1 Å². The van der Waals surface area contributed by atoms with Crippen LogP contribution in [0.2, 0.25) is 0 Å². The normalized spacial score (nSPS) is 11.1. The van der Waals surface area contributed by atoms with E-state index in [0.717, 1.165) is 13.2 Å². The van der Waals surface area contributed by atoms with Crippen LogP contribution in [0.1, 0.15) is 15.9 Å². The van der Waals surface area contributed by atoms with Crippen molar-refractivity contribution in [2.24, 2.45) is 0 Å². The number of carbonyl (C=O) groups excluding carboxylic acids is 1. The van der Waals surface area contributed by atoms with Crippen molar-refractivity contribution in [1.82, 2.24) is 0 Å². The molecule has 1 aromatic rings. The Kier molecular flexibility index (Phi) is 3.49. The zero-order valence-corrected chi connectivity index (χ0v) is 8.91. The van der Waals surface area contributed by atoms with Gasteiger partial charge in [-0.3, -0.25) is 4.79 Å². The Morgan fingerprint density at radius 3 is 2.22 bits per heavy atom. The molecule has 98 valence electrons. The number of alkyl halides is 3. The van der Waals surface area contributed by atoms with Crippen molar-refractivity contribution in [2.45, 2.75) is 6.18 Å². The Morgan fingerprint density at radius 1 is 1.28 bits per heavy atom. The van der Waals surface area contributed by atoms with E-state index in [9.17, 15) is 27.9 Å². The lowest BCUT2D eigenvalue weighted by atomic mass is 10.0. The van der Waals surface area contributed by atoms with Crippen molar-refractivity contribution in [3.63, 3.8) is 0 Å². The molecule has 0 atom stereocenters. The van der Waals surface area contributed by atoms with Gasteiger partial charge in [0, 0.05) is 0 Å². The maximum atomic E-state index is 12.6. The molecule has 0 unspecified atom stereocenters. The summed E-state index contributed by atoms with van der Waals surface area (Å²) in [5.41, 5.74) is -2.87. The third kappa shape index (κ3) is 2.36. The minimum atomic E-state index is -4.97. The van der Waals surface area contributed by atoms with Gasteiger partial charge in [-0.15, -0.1) is 0 Å². The summed E-state index contributed by atoms with van der Waals surface area (Å²) in [7, 11) is 1.05. The van der Waals surface area contributed by atoms with E-state index >= 15 is 0 Å². The summed E-state index contributed by atoms with van der Waals surface area (Å²) in [4.78, 5) is 21.6. The third-order valence-corrected chi connectivity index (χ3v) is 2.09. The maximum Gasteiger partial charge on any atom is 0.417 e. The van der Waals surface area contributed by atoms with Gasteiger partial charge in [0.1, 0.15) is 0 Å². The van der Waals surface area contributed by atoms with Crippen molar-refractivity contribution in [3.8, 4) is 11.5 Å². The second-order valence-electron chi connectivity index (χ2n) is 3.17. The largest absolute Gasteiger partial charge is 0.504 e. The number of ether oxygens (including phenoxy) is 1. The summed E-state index contributed by atoms with van der Waals surface area (Å²) in [5, 5.41) is 17.9. The molecule has 1 rings (SSSR count). The summed E-state index contributed by atoms with van der Waals surface area (Å²) in [5.74, 6) is -5.55. The summed E-state index contributed by atoms with van der Waals surface area (Å²) in [6.45, 7) is 0. The fourth-order valence-electron chi connectivity index (χ4n) is 1.31. The highest BCUT2D eigenvalue weighted by Crippen LogP contribution is 2.40. The van der Waals surface area contributed by atoms with Gasteiger partial charge in [-0.05, 0) is 12.1 Å². The molecule has 0 fully saturated rings. The van der Waals surface area contributed by atoms with E-state index in [0.29, 0.717) is 6.07 Å². The molecule has 5 nitrogen and oxygen atoms in total. The maximum absolute atomic E-state index is 12.6. The first-order valence-corrected chi connectivity index (χ1v) is 4.45. The number of carboxylic acid groups (broad SMARTS) is 1. The molecule has 0 spiro atoms. The van der Waals surface area contributed by atoms with Gasteiger partial charge >= 0.3 is 12.1 Å². The first kappa shape index (κ1) is 13.8. The van der Waals surface area contributed by atoms with Crippen LogP contribution >= 0.6 is 0 Å². The van der Waals surface area contributed by atoms with E-state index in [4.69, 9.17) is 5.11 Å². The van der Waals surface area contributed by atoms with Crippen LogP contribution in [-0.2, 0) is 11.0 Å². The monoisotopic (exact) mass is 264 g/mol. The highest BCUT2D eigenvalue weighted by atomic mass is 19.4. The van der Waals surface area contributed by atoms with Gasteiger partial charge in [-0.2, -0.15) is 13.2 Å². The molecule has 0 aliphatic carbocycles. The fourth-order valence-corrected chi connectivity index (χ4v) is 1.31. The number of hydrogen-bond donors (Lipinski definition) is 2. The molecule has 0 aromatic heterocycles. The van der Waals surface area contributed by atoms with Crippen molar-refractivity contribution in [3.05, 3.63) is 23.3 Å². The van der Waals surface area contributed by atoms with Crippen molar-refractivity contribution >= 4 is 11.8 Å². The van der Waals surface area contributed by atoms with Crippen molar-refractivity contribution in [2.75, 3.05) is 7.11 Å². The fraction of sp³-hybridized carbons (Fsp3) is 0.200. The number of rotatable bonds is 3. The first-order chi connectivity index (χ1) is 8.20. The van der Waals surface area contributed by atoms with E-state index in [2.05, 4.69) is 4.74 Å². The van der Waals surface area contributed by atoms with Gasteiger partial charge in [-0.1, -0.05) is 0 Å². The van der Waals surface area contributed by atoms with Crippen LogP contribution in [0.3, 0.4) is 0 Å². The second kappa shape index (κ2) is 4.55. The summed E-state index contributed by atoms with van der Waals surface area (Å²) in [6.07, 6.45) is -4.97. The highest BCUT2D eigenvalue weighted by molar-refractivity contribution is 6.41. The lowest BCUT2D eigenvalue weighted by molar-refractivity contribution is -0.138.